The van der Waals surface area contributed by atoms with Crippen LogP contribution in [-0.4, -0.2) is 15.9 Å². The zero-order valence-corrected chi connectivity index (χ0v) is 11.0. The van der Waals surface area contributed by atoms with Gasteiger partial charge in [0.25, 0.3) is 0 Å². The van der Waals surface area contributed by atoms with Gasteiger partial charge in [0.05, 0.1) is 12.2 Å². The number of amides is 1. The average molecular weight is 268 g/mol. The molecule has 1 aromatic heterocycles. The number of aromatic nitrogens is 2. The number of anilines is 2. The number of rotatable bonds is 5. The number of hydrogen-bond donors (Lipinski definition) is 2. The van der Waals surface area contributed by atoms with Crippen molar-refractivity contribution in [3.63, 3.8) is 0 Å². The fraction of sp³-hybridized carbons (Fsp3) is 0.267. The average Bonchev–Trinajstić information content (AvgIpc) is 3.31. The lowest BCUT2D eigenvalue weighted by atomic mass is 10.2. The molecule has 0 aliphatic heterocycles. The largest absolute Gasteiger partial charge is 0.379 e. The fourth-order valence-electron chi connectivity index (χ4n) is 1.91. The summed E-state index contributed by atoms with van der Waals surface area (Å²) in [7, 11) is 0. The quantitative estimate of drug-likeness (QED) is 0.874. The maximum absolute atomic E-state index is 11.7. The normalized spacial score (nSPS) is 13.8. The highest BCUT2D eigenvalue weighted by Gasteiger charge is 2.29. The Kier molecular flexibility index (Phi) is 3.58. The second-order valence-corrected chi connectivity index (χ2v) is 4.90. The highest BCUT2D eigenvalue weighted by atomic mass is 16.2. The lowest BCUT2D eigenvalue weighted by Gasteiger charge is -2.09. The van der Waals surface area contributed by atoms with E-state index < -0.39 is 0 Å². The van der Waals surface area contributed by atoms with Crippen molar-refractivity contribution in [3.05, 3.63) is 48.5 Å². The van der Waals surface area contributed by atoms with Crippen LogP contribution in [0.2, 0.25) is 0 Å². The zero-order valence-electron chi connectivity index (χ0n) is 11.0. The lowest BCUT2D eigenvalue weighted by molar-refractivity contribution is -0.117. The van der Waals surface area contributed by atoms with Crippen LogP contribution >= 0.6 is 0 Å². The second-order valence-electron chi connectivity index (χ2n) is 4.90. The molecule has 1 fully saturated rings. The monoisotopic (exact) mass is 268 g/mol. The minimum atomic E-state index is 0.123. The molecule has 1 aliphatic carbocycles. The summed E-state index contributed by atoms with van der Waals surface area (Å²) < 4.78 is 0. The van der Waals surface area contributed by atoms with Crippen molar-refractivity contribution in [1.29, 1.82) is 0 Å². The summed E-state index contributed by atoms with van der Waals surface area (Å²) in [5, 5.41) is 6.22. The molecule has 0 atom stereocenters. The van der Waals surface area contributed by atoms with Gasteiger partial charge in [0.15, 0.2) is 0 Å². The molecule has 2 N–H and O–H groups in total. The number of carbonyl (C=O) groups excluding carboxylic acids is 1. The van der Waals surface area contributed by atoms with E-state index in [1.165, 1.54) is 6.33 Å². The molecule has 20 heavy (non-hydrogen) atoms. The molecule has 3 rings (SSSR count). The molecule has 1 amide bonds. The van der Waals surface area contributed by atoms with Crippen LogP contribution in [0.4, 0.5) is 11.4 Å². The van der Waals surface area contributed by atoms with Gasteiger partial charge in [-0.3, -0.25) is 4.79 Å². The number of nitrogens with one attached hydrogen (secondary N) is 2. The van der Waals surface area contributed by atoms with Gasteiger partial charge < -0.3 is 10.6 Å². The molecular weight excluding hydrogens is 252 g/mol. The first-order valence-electron chi connectivity index (χ1n) is 6.71. The number of benzene rings is 1. The summed E-state index contributed by atoms with van der Waals surface area (Å²) >= 11 is 0. The predicted octanol–water partition coefficient (Wildman–Crippen LogP) is 2.44. The van der Waals surface area contributed by atoms with Crippen LogP contribution < -0.4 is 10.6 Å². The first kappa shape index (κ1) is 12.6. The minimum absolute atomic E-state index is 0.123. The second kappa shape index (κ2) is 5.69. The first-order chi connectivity index (χ1) is 9.81. The van der Waals surface area contributed by atoms with Gasteiger partial charge in [-0.05, 0) is 37.1 Å². The van der Waals surface area contributed by atoms with Crippen LogP contribution in [0.25, 0.3) is 0 Å². The van der Waals surface area contributed by atoms with Gasteiger partial charge in [-0.25, -0.2) is 9.97 Å². The van der Waals surface area contributed by atoms with E-state index in [0.29, 0.717) is 6.54 Å². The molecule has 0 radical (unpaired) electrons. The molecule has 5 nitrogen and oxygen atoms in total. The summed E-state index contributed by atoms with van der Waals surface area (Å²) in [5.41, 5.74) is 2.71. The van der Waals surface area contributed by atoms with E-state index in [2.05, 4.69) is 20.6 Å². The molecule has 1 aromatic carbocycles. The molecule has 102 valence electrons. The predicted molar refractivity (Wildman–Crippen MR) is 77.2 cm³/mol. The van der Waals surface area contributed by atoms with Crippen LogP contribution in [0.5, 0.6) is 0 Å². The third-order valence-corrected chi connectivity index (χ3v) is 3.20. The van der Waals surface area contributed by atoms with E-state index in [0.717, 1.165) is 29.9 Å². The van der Waals surface area contributed by atoms with Crippen LogP contribution in [0.3, 0.4) is 0 Å². The summed E-state index contributed by atoms with van der Waals surface area (Å²) in [4.78, 5) is 19.8. The molecule has 5 heteroatoms. The Bertz CT molecular complexity index is 596. The van der Waals surface area contributed by atoms with Crippen molar-refractivity contribution >= 4 is 17.3 Å². The van der Waals surface area contributed by atoms with E-state index in [4.69, 9.17) is 0 Å². The summed E-state index contributed by atoms with van der Waals surface area (Å²) in [5.74, 6) is 0.339. The van der Waals surface area contributed by atoms with E-state index in [-0.39, 0.29) is 11.8 Å². The highest BCUT2D eigenvalue weighted by molar-refractivity contribution is 5.94. The molecule has 1 heterocycles. The Hall–Kier alpha value is -2.43. The van der Waals surface area contributed by atoms with Crippen molar-refractivity contribution in [2.24, 2.45) is 5.92 Å². The molecule has 2 aromatic rings. The van der Waals surface area contributed by atoms with Crippen molar-refractivity contribution in [3.8, 4) is 0 Å². The van der Waals surface area contributed by atoms with Crippen molar-refractivity contribution in [2.75, 3.05) is 10.6 Å². The van der Waals surface area contributed by atoms with Crippen LogP contribution in [0.1, 0.15) is 18.5 Å². The Morgan fingerprint density at radius 2 is 2.10 bits per heavy atom. The minimum Gasteiger partial charge on any atom is -0.379 e. The third kappa shape index (κ3) is 3.32. The van der Waals surface area contributed by atoms with Gasteiger partial charge in [0, 0.05) is 23.5 Å². The lowest BCUT2D eigenvalue weighted by Crippen LogP contribution is -2.13. The SMILES string of the molecule is O=C(Nc1cccc(NCc2ccncn2)c1)C1CC1. The van der Waals surface area contributed by atoms with Gasteiger partial charge in [0.2, 0.25) is 5.91 Å². The van der Waals surface area contributed by atoms with Crippen molar-refractivity contribution in [2.45, 2.75) is 19.4 Å². The third-order valence-electron chi connectivity index (χ3n) is 3.20. The van der Waals surface area contributed by atoms with E-state index in [9.17, 15) is 4.79 Å². The van der Waals surface area contributed by atoms with Gasteiger partial charge in [0.1, 0.15) is 6.33 Å². The Morgan fingerprint density at radius 3 is 2.85 bits per heavy atom. The maximum atomic E-state index is 11.7. The van der Waals surface area contributed by atoms with Gasteiger partial charge in [-0.1, -0.05) is 6.07 Å². The summed E-state index contributed by atoms with van der Waals surface area (Å²) in [6.07, 6.45) is 5.27. The number of nitrogens with zero attached hydrogens (tertiary/aromatic N) is 2. The molecular formula is C15H16N4O. The Balaban J connectivity index is 1.60. The fourth-order valence-corrected chi connectivity index (χ4v) is 1.91. The molecule has 1 saturated carbocycles. The molecule has 0 spiro atoms. The van der Waals surface area contributed by atoms with Crippen LogP contribution in [-0.2, 0) is 11.3 Å². The topological polar surface area (TPSA) is 66.9 Å². The van der Waals surface area contributed by atoms with E-state index in [1.807, 2.05) is 30.3 Å². The molecule has 0 saturated heterocycles. The number of hydrogen-bond acceptors (Lipinski definition) is 4. The van der Waals surface area contributed by atoms with Gasteiger partial charge in [-0.2, -0.15) is 0 Å². The van der Waals surface area contributed by atoms with Gasteiger partial charge in [-0.15, -0.1) is 0 Å². The summed E-state index contributed by atoms with van der Waals surface area (Å²) in [6.45, 7) is 0.628. The van der Waals surface area contributed by atoms with E-state index >= 15 is 0 Å². The molecule has 0 unspecified atom stereocenters. The smallest absolute Gasteiger partial charge is 0.227 e. The van der Waals surface area contributed by atoms with E-state index in [1.54, 1.807) is 6.20 Å². The van der Waals surface area contributed by atoms with Crippen LogP contribution in [0.15, 0.2) is 42.9 Å². The Morgan fingerprint density at radius 1 is 1.25 bits per heavy atom. The van der Waals surface area contributed by atoms with Crippen LogP contribution in [0, 0.1) is 5.92 Å². The maximum Gasteiger partial charge on any atom is 0.227 e. The molecule has 1 aliphatic rings. The highest BCUT2D eigenvalue weighted by Crippen LogP contribution is 2.30. The van der Waals surface area contributed by atoms with Crippen molar-refractivity contribution in [1.82, 2.24) is 9.97 Å². The van der Waals surface area contributed by atoms with Crippen molar-refractivity contribution < 1.29 is 4.79 Å². The molecule has 0 bridgehead atoms. The Labute approximate surface area is 117 Å². The standard InChI is InChI=1S/C15H16N4O/c20-15(11-4-5-11)19-13-3-1-2-12(8-13)17-9-14-6-7-16-10-18-14/h1-3,6-8,10-11,17H,4-5,9H2,(H,19,20). The summed E-state index contributed by atoms with van der Waals surface area (Å²) in [6, 6.07) is 9.59. The van der Waals surface area contributed by atoms with Gasteiger partial charge >= 0.3 is 0 Å². The zero-order chi connectivity index (χ0) is 13.8. The number of carbonyl (C=O) groups is 1. The first-order valence-corrected chi connectivity index (χ1v) is 6.71.